The molecule has 0 saturated carbocycles. The smallest absolute Gasteiger partial charge is 0.186 e. The van der Waals surface area contributed by atoms with Crippen LogP contribution in [0.4, 0.5) is 0 Å². The minimum absolute atomic E-state index is 0.477. The van der Waals surface area contributed by atoms with Crippen molar-refractivity contribution in [3.05, 3.63) is 28.8 Å². The molecule has 6 heteroatoms. The standard InChI is InChI=1S/C11H14ClN3OS/c1-3-13-11(17)15-14-7-8-6-9(12)4-5-10(8)16-2/h4-7H,3H2,1-2H3,(H2,13,15,17)/b14-7-. The molecule has 0 bridgehead atoms. The van der Waals surface area contributed by atoms with Crippen LogP contribution in [0.1, 0.15) is 12.5 Å². The van der Waals surface area contributed by atoms with Gasteiger partial charge in [-0.2, -0.15) is 5.10 Å². The van der Waals surface area contributed by atoms with Gasteiger partial charge in [0.1, 0.15) is 5.75 Å². The molecule has 0 fully saturated rings. The third-order valence-corrected chi connectivity index (χ3v) is 2.37. The third kappa shape index (κ3) is 4.58. The van der Waals surface area contributed by atoms with Crippen LogP contribution in [0.3, 0.4) is 0 Å². The van der Waals surface area contributed by atoms with Crippen LogP contribution in [0, 0.1) is 0 Å². The number of nitrogens with one attached hydrogen (secondary N) is 2. The molecule has 0 aliphatic rings. The fourth-order valence-corrected chi connectivity index (χ4v) is 1.54. The number of nitrogens with zero attached hydrogens (tertiary/aromatic N) is 1. The predicted molar refractivity (Wildman–Crippen MR) is 75.0 cm³/mol. The minimum atomic E-state index is 0.477. The molecule has 1 rings (SSSR count). The number of rotatable bonds is 4. The van der Waals surface area contributed by atoms with Crippen LogP contribution >= 0.6 is 23.8 Å². The van der Waals surface area contributed by atoms with E-state index in [4.69, 9.17) is 28.6 Å². The Morgan fingerprint density at radius 1 is 1.59 bits per heavy atom. The molecule has 4 nitrogen and oxygen atoms in total. The Hall–Kier alpha value is -1.33. The van der Waals surface area contributed by atoms with Crippen molar-refractivity contribution in [2.45, 2.75) is 6.92 Å². The van der Waals surface area contributed by atoms with Gasteiger partial charge >= 0.3 is 0 Å². The van der Waals surface area contributed by atoms with Gasteiger partial charge in [-0.25, -0.2) is 0 Å². The predicted octanol–water partition coefficient (Wildman–Crippen LogP) is 2.17. The topological polar surface area (TPSA) is 45.7 Å². The number of ether oxygens (including phenoxy) is 1. The van der Waals surface area contributed by atoms with Crippen molar-refractivity contribution in [2.24, 2.45) is 5.10 Å². The molecular formula is C11H14ClN3OS. The van der Waals surface area contributed by atoms with Gasteiger partial charge in [-0.3, -0.25) is 5.43 Å². The normalized spacial score (nSPS) is 10.3. The number of benzene rings is 1. The minimum Gasteiger partial charge on any atom is -0.496 e. The number of hydrogen-bond acceptors (Lipinski definition) is 3. The molecule has 1 aromatic carbocycles. The van der Waals surface area contributed by atoms with Crippen LogP contribution in [0.15, 0.2) is 23.3 Å². The third-order valence-electron chi connectivity index (χ3n) is 1.90. The molecule has 0 amide bonds. The van der Waals surface area contributed by atoms with Gasteiger partial charge in [-0.1, -0.05) is 11.6 Å². The first-order valence-electron chi connectivity index (χ1n) is 5.07. The summed E-state index contributed by atoms with van der Waals surface area (Å²) in [5, 5.41) is 8.02. The largest absolute Gasteiger partial charge is 0.496 e. The number of hydrogen-bond donors (Lipinski definition) is 2. The highest BCUT2D eigenvalue weighted by atomic mass is 35.5. The average molecular weight is 272 g/mol. The van der Waals surface area contributed by atoms with Crippen LogP contribution in [0.2, 0.25) is 5.02 Å². The summed E-state index contributed by atoms with van der Waals surface area (Å²) in [4.78, 5) is 0. The van der Waals surface area contributed by atoms with Gasteiger partial charge in [0, 0.05) is 17.1 Å². The van der Waals surface area contributed by atoms with Gasteiger partial charge in [0.15, 0.2) is 5.11 Å². The van der Waals surface area contributed by atoms with Crippen LogP contribution < -0.4 is 15.5 Å². The van der Waals surface area contributed by atoms with E-state index in [1.165, 1.54) is 0 Å². The number of thiocarbonyl (C=S) groups is 1. The SMILES string of the molecule is CCNC(=S)N/N=C\c1cc(Cl)ccc1OC. The summed E-state index contributed by atoms with van der Waals surface area (Å²) >= 11 is 10.9. The number of halogens is 1. The molecule has 1 aromatic rings. The Morgan fingerprint density at radius 3 is 3.00 bits per heavy atom. The molecule has 0 spiro atoms. The highest BCUT2D eigenvalue weighted by Gasteiger charge is 2.00. The summed E-state index contributed by atoms with van der Waals surface area (Å²) in [5.41, 5.74) is 3.48. The first-order valence-corrected chi connectivity index (χ1v) is 5.86. The summed E-state index contributed by atoms with van der Waals surface area (Å²) in [6.45, 7) is 2.71. The lowest BCUT2D eigenvalue weighted by Crippen LogP contribution is -2.31. The van der Waals surface area contributed by atoms with E-state index in [9.17, 15) is 0 Å². The lowest BCUT2D eigenvalue weighted by Gasteiger charge is -2.05. The lowest BCUT2D eigenvalue weighted by atomic mass is 10.2. The second-order valence-corrected chi connectivity index (χ2v) is 3.96. The zero-order valence-electron chi connectivity index (χ0n) is 9.66. The van der Waals surface area contributed by atoms with E-state index < -0.39 is 0 Å². The van der Waals surface area contributed by atoms with E-state index in [1.807, 2.05) is 6.92 Å². The summed E-state index contributed by atoms with van der Waals surface area (Å²) in [5.74, 6) is 0.703. The van der Waals surface area contributed by atoms with Gasteiger partial charge in [-0.15, -0.1) is 0 Å². The van der Waals surface area contributed by atoms with E-state index in [0.717, 1.165) is 12.1 Å². The number of methoxy groups -OCH3 is 1. The highest BCUT2D eigenvalue weighted by molar-refractivity contribution is 7.80. The molecule has 0 heterocycles. The van der Waals surface area contributed by atoms with Gasteiger partial charge < -0.3 is 10.1 Å². The van der Waals surface area contributed by atoms with E-state index in [-0.39, 0.29) is 0 Å². The zero-order valence-corrected chi connectivity index (χ0v) is 11.2. The van der Waals surface area contributed by atoms with Crippen molar-refractivity contribution in [3.8, 4) is 5.75 Å². The summed E-state index contributed by atoms with van der Waals surface area (Å²) in [7, 11) is 1.59. The Bertz CT molecular complexity index is 423. The first kappa shape index (κ1) is 13.7. The van der Waals surface area contributed by atoms with Crippen molar-refractivity contribution < 1.29 is 4.74 Å². The van der Waals surface area contributed by atoms with Crippen LogP contribution in [0.5, 0.6) is 5.75 Å². The molecule has 0 aliphatic heterocycles. The van der Waals surface area contributed by atoms with Gasteiger partial charge in [0.05, 0.1) is 13.3 Å². The highest BCUT2D eigenvalue weighted by Crippen LogP contribution is 2.20. The van der Waals surface area contributed by atoms with Crippen molar-refractivity contribution in [1.29, 1.82) is 0 Å². The molecular weight excluding hydrogens is 258 g/mol. The maximum Gasteiger partial charge on any atom is 0.186 e. The fourth-order valence-electron chi connectivity index (χ4n) is 1.17. The van der Waals surface area contributed by atoms with Crippen molar-refractivity contribution in [1.82, 2.24) is 10.7 Å². The van der Waals surface area contributed by atoms with Gasteiger partial charge in [0.25, 0.3) is 0 Å². The Labute approximate surface area is 111 Å². The Morgan fingerprint density at radius 2 is 2.35 bits per heavy atom. The van der Waals surface area contributed by atoms with Crippen LogP contribution in [-0.4, -0.2) is 25.0 Å². The molecule has 2 N–H and O–H groups in total. The molecule has 0 radical (unpaired) electrons. The fraction of sp³-hybridized carbons (Fsp3) is 0.273. The van der Waals surface area contributed by atoms with E-state index in [1.54, 1.807) is 31.5 Å². The first-order chi connectivity index (χ1) is 8.17. The van der Waals surface area contributed by atoms with E-state index in [0.29, 0.717) is 15.9 Å². The molecule has 0 aromatic heterocycles. The molecule has 0 atom stereocenters. The van der Waals surface area contributed by atoms with Crippen molar-refractivity contribution in [2.75, 3.05) is 13.7 Å². The zero-order chi connectivity index (χ0) is 12.7. The molecule has 0 unspecified atom stereocenters. The van der Waals surface area contributed by atoms with Crippen molar-refractivity contribution in [3.63, 3.8) is 0 Å². The van der Waals surface area contributed by atoms with Gasteiger partial charge in [0.2, 0.25) is 0 Å². The van der Waals surface area contributed by atoms with Crippen molar-refractivity contribution >= 4 is 35.1 Å². The maximum atomic E-state index is 5.89. The second-order valence-electron chi connectivity index (χ2n) is 3.12. The van der Waals surface area contributed by atoms with E-state index in [2.05, 4.69) is 15.8 Å². The average Bonchev–Trinajstić information content (AvgIpc) is 2.30. The summed E-state index contributed by atoms with van der Waals surface area (Å²) < 4.78 is 5.18. The number of hydrazone groups is 1. The quantitative estimate of drug-likeness (QED) is 0.501. The molecule has 92 valence electrons. The second kappa shape index (κ2) is 7.09. The Balaban J connectivity index is 2.70. The molecule has 0 aliphatic carbocycles. The monoisotopic (exact) mass is 271 g/mol. The molecule has 17 heavy (non-hydrogen) atoms. The van der Waals surface area contributed by atoms with Crippen LogP contribution in [-0.2, 0) is 0 Å². The van der Waals surface area contributed by atoms with Crippen LogP contribution in [0.25, 0.3) is 0 Å². The van der Waals surface area contributed by atoms with E-state index >= 15 is 0 Å². The molecule has 0 saturated heterocycles. The Kier molecular flexibility index (Phi) is 5.72. The lowest BCUT2D eigenvalue weighted by molar-refractivity contribution is 0.414. The summed E-state index contributed by atoms with van der Waals surface area (Å²) in [6.07, 6.45) is 1.61. The van der Waals surface area contributed by atoms with Gasteiger partial charge in [-0.05, 0) is 37.3 Å². The maximum absolute atomic E-state index is 5.89. The summed E-state index contributed by atoms with van der Waals surface area (Å²) in [6, 6.07) is 5.31.